The van der Waals surface area contributed by atoms with Gasteiger partial charge in [-0.3, -0.25) is 4.98 Å². The lowest BCUT2D eigenvalue weighted by molar-refractivity contribution is -0.137. The minimum atomic E-state index is -4.75. The van der Waals surface area contributed by atoms with Gasteiger partial charge in [0.05, 0.1) is 21.2 Å². The summed E-state index contributed by atoms with van der Waals surface area (Å²) in [5, 5.41) is 3.24. The molecule has 0 unspecified atom stereocenters. The van der Waals surface area contributed by atoms with Gasteiger partial charge in [-0.1, -0.05) is 11.6 Å². The third-order valence-corrected chi connectivity index (χ3v) is 6.07. The van der Waals surface area contributed by atoms with Crippen molar-refractivity contribution in [2.75, 3.05) is 0 Å². The molecule has 0 saturated heterocycles. The van der Waals surface area contributed by atoms with Crippen molar-refractivity contribution in [1.29, 1.82) is 0 Å². The van der Waals surface area contributed by atoms with Gasteiger partial charge in [-0.05, 0) is 47.3 Å². The maximum Gasteiger partial charge on any atom is 0.417 e. The molecule has 3 aromatic rings. The number of aromatic nitrogens is 1. The van der Waals surface area contributed by atoms with Gasteiger partial charge in [0, 0.05) is 23.7 Å². The van der Waals surface area contributed by atoms with Crippen molar-refractivity contribution in [3.63, 3.8) is 0 Å². The second kappa shape index (κ2) is 7.59. The number of nitrogens with zero attached hydrogens (tertiary/aromatic N) is 1. The SMILES string of the molecule is O=S(=O)(NCc1ccnc(-c2ccsc2)c1)c1ccc(Cl)c(C(F)(F)F)c1. The van der Waals surface area contributed by atoms with Gasteiger partial charge in [0.15, 0.2) is 0 Å². The summed E-state index contributed by atoms with van der Waals surface area (Å²) in [4.78, 5) is 3.71. The van der Waals surface area contributed by atoms with Crippen LogP contribution in [0.3, 0.4) is 0 Å². The summed E-state index contributed by atoms with van der Waals surface area (Å²) in [5.74, 6) is 0. The van der Waals surface area contributed by atoms with E-state index in [9.17, 15) is 21.6 Å². The van der Waals surface area contributed by atoms with Crippen LogP contribution in [0.25, 0.3) is 11.3 Å². The molecule has 0 aliphatic carbocycles. The summed E-state index contributed by atoms with van der Waals surface area (Å²) < 4.78 is 65.9. The van der Waals surface area contributed by atoms with Crippen LogP contribution in [0.2, 0.25) is 5.02 Å². The van der Waals surface area contributed by atoms with E-state index >= 15 is 0 Å². The van der Waals surface area contributed by atoms with Crippen LogP contribution in [-0.4, -0.2) is 13.4 Å². The number of alkyl halides is 3. The molecule has 0 bridgehead atoms. The molecule has 2 aromatic heterocycles. The zero-order valence-corrected chi connectivity index (χ0v) is 15.9. The Hall–Kier alpha value is -1.94. The molecule has 1 N–H and O–H groups in total. The van der Waals surface area contributed by atoms with Crippen LogP contribution in [0, 0.1) is 0 Å². The second-order valence-corrected chi connectivity index (χ2v) is 8.48. The first-order valence-corrected chi connectivity index (χ1v) is 10.3. The zero-order valence-electron chi connectivity index (χ0n) is 13.5. The fourth-order valence-electron chi connectivity index (χ4n) is 2.30. The van der Waals surface area contributed by atoms with E-state index in [1.807, 2.05) is 16.8 Å². The molecule has 0 aliphatic rings. The third kappa shape index (κ3) is 4.67. The average molecular weight is 433 g/mol. The normalized spacial score (nSPS) is 12.3. The summed E-state index contributed by atoms with van der Waals surface area (Å²) in [6, 6.07) is 7.69. The lowest BCUT2D eigenvalue weighted by atomic mass is 10.1. The fourth-order valence-corrected chi connectivity index (χ4v) is 4.22. The molecule has 0 saturated carbocycles. The number of pyridine rings is 1. The first-order chi connectivity index (χ1) is 12.7. The Balaban J connectivity index is 1.81. The Labute approximate surface area is 162 Å². The molecule has 0 spiro atoms. The second-order valence-electron chi connectivity index (χ2n) is 5.53. The van der Waals surface area contributed by atoms with Crippen molar-refractivity contribution in [3.8, 4) is 11.3 Å². The number of hydrogen-bond acceptors (Lipinski definition) is 4. The number of hydrogen-bond donors (Lipinski definition) is 1. The van der Waals surface area contributed by atoms with Crippen molar-refractivity contribution in [3.05, 3.63) is 69.5 Å². The maximum absolute atomic E-state index is 12.9. The molecule has 0 atom stereocenters. The Bertz CT molecular complexity index is 1050. The Morgan fingerprint density at radius 3 is 2.59 bits per heavy atom. The molecule has 10 heteroatoms. The van der Waals surface area contributed by atoms with Crippen LogP contribution in [-0.2, 0) is 22.7 Å². The van der Waals surface area contributed by atoms with Crippen LogP contribution < -0.4 is 4.72 Å². The predicted molar refractivity (Wildman–Crippen MR) is 98.0 cm³/mol. The van der Waals surface area contributed by atoms with E-state index in [2.05, 4.69) is 9.71 Å². The Kier molecular flexibility index (Phi) is 5.57. The fraction of sp³-hybridized carbons (Fsp3) is 0.118. The molecule has 2 heterocycles. The minimum Gasteiger partial charge on any atom is -0.256 e. The monoisotopic (exact) mass is 432 g/mol. The highest BCUT2D eigenvalue weighted by molar-refractivity contribution is 7.89. The van der Waals surface area contributed by atoms with Gasteiger partial charge in [-0.2, -0.15) is 24.5 Å². The predicted octanol–water partition coefficient (Wildman–Crippen LogP) is 4.96. The molecule has 0 amide bonds. The van der Waals surface area contributed by atoms with Crippen molar-refractivity contribution in [2.45, 2.75) is 17.6 Å². The summed E-state index contributed by atoms with van der Waals surface area (Å²) in [5.41, 5.74) is 1.01. The van der Waals surface area contributed by atoms with Crippen LogP contribution in [0.5, 0.6) is 0 Å². The summed E-state index contributed by atoms with van der Waals surface area (Å²) in [7, 11) is -4.15. The molecule has 0 aliphatic heterocycles. The lowest BCUT2D eigenvalue weighted by Crippen LogP contribution is -2.23. The number of sulfonamides is 1. The third-order valence-electron chi connectivity index (χ3n) is 3.66. The quantitative estimate of drug-likeness (QED) is 0.619. The molecular formula is C17H12ClF3N2O2S2. The summed E-state index contributed by atoms with van der Waals surface area (Å²) >= 11 is 7.03. The highest BCUT2D eigenvalue weighted by atomic mass is 35.5. The molecule has 1 aromatic carbocycles. The largest absolute Gasteiger partial charge is 0.417 e. The van der Waals surface area contributed by atoms with E-state index in [4.69, 9.17) is 11.6 Å². The Morgan fingerprint density at radius 1 is 1.15 bits per heavy atom. The van der Waals surface area contributed by atoms with E-state index in [1.165, 1.54) is 11.3 Å². The number of halogens is 4. The average Bonchev–Trinajstić information content (AvgIpc) is 3.14. The standard InChI is InChI=1S/C17H12ClF3N2O2S2/c18-15-2-1-13(8-14(15)17(19,20)21)27(24,25)23-9-11-3-5-22-16(7-11)12-4-6-26-10-12/h1-8,10,23H,9H2. The van der Waals surface area contributed by atoms with Gasteiger partial charge in [-0.15, -0.1) is 0 Å². The van der Waals surface area contributed by atoms with Crippen molar-refractivity contribution < 1.29 is 21.6 Å². The molecule has 0 fully saturated rings. The number of rotatable bonds is 5. The van der Waals surface area contributed by atoms with Crippen LogP contribution in [0.15, 0.2) is 58.3 Å². The molecule has 3 rings (SSSR count). The van der Waals surface area contributed by atoms with Crippen LogP contribution >= 0.6 is 22.9 Å². The van der Waals surface area contributed by atoms with Crippen molar-refractivity contribution >= 4 is 33.0 Å². The van der Waals surface area contributed by atoms with Gasteiger partial charge < -0.3 is 0 Å². The van der Waals surface area contributed by atoms with Gasteiger partial charge in [0.1, 0.15) is 0 Å². The first kappa shape index (κ1) is 19.8. The van der Waals surface area contributed by atoms with E-state index < -0.39 is 31.7 Å². The smallest absolute Gasteiger partial charge is 0.256 e. The van der Waals surface area contributed by atoms with E-state index in [1.54, 1.807) is 18.3 Å². The highest BCUT2D eigenvalue weighted by Crippen LogP contribution is 2.35. The van der Waals surface area contributed by atoms with Gasteiger partial charge in [0.2, 0.25) is 10.0 Å². The van der Waals surface area contributed by atoms with E-state index in [-0.39, 0.29) is 6.54 Å². The molecule has 0 radical (unpaired) electrons. The highest BCUT2D eigenvalue weighted by Gasteiger charge is 2.34. The van der Waals surface area contributed by atoms with Gasteiger partial charge >= 0.3 is 6.18 Å². The van der Waals surface area contributed by atoms with Gasteiger partial charge in [-0.25, -0.2) is 13.1 Å². The molecule has 27 heavy (non-hydrogen) atoms. The Morgan fingerprint density at radius 2 is 1.93 bits per heavy atom. The molecule has 142 valence electrons. The van der Waals surface area contributed by atoms with Crippen molar-refractivity contribution in [1.82, 2.24) is 9.71 Å². The number of benzene rings is 1. The van der Waals surface area contributed by atoms with E-state index in [0.717, 1.165) is 17.7 Å². The summed E-state index contributed by atoms with van der Waals surface area (Å²) in [6.07, 6.45) is -3.20. The first-order valence-electron chi connectivity index (χ1n) is 7.51. The number of thiophene rings is 1. The maximum atomic E-state index is 12.9. The molecular weight excluding hydrogens is 421 g/mol. The minimum absolute atomic E-state index is 0.0913. The lowest BCUT2D eigenvalue weighted by Gasteiger charge is -2.12. The van der Waals surface area contributed by atoms with Crippen molar-refractivity contribution in [2.24, 2.45) is 0 Å². The van der Waals surface area contributed by atoms with Crippen LogP contribution in [0.1, 0.15) is 11.1 Å². The molecule has 4 nitrogen and oxygen atoms in total. The van der Waals surface area contributed by atoms with Gasteiger partial charge in [0.25, 0.3) is 0 Å². The topological polar surface area (TPSA) is 59.1 Å². The number of nitrogens with one attached hydrogen (secondary N) is 1. The van der Waals surface area contributed by atoms with Crippen LogP contribution in [0.4, 0.5) is 13.2 Å². The zero-order chi connectivity index (χ0) is 19.7. The van der Waals surface area contributed by atoms with E-state index in [0.29, 0.717) is 17.3 Å². The summed E-state index contributed by atoms with van der Waals surface area (Å²) in [6.45, 7) is -0.0913.